The van der Waals surface area contributed by atoms with Gasteiger partial charge in [0.15, 0.2) is 0 Å². The van der Waals surface area contributed by atoms with Crippen LogP contribution in [0.25, 0.3) is 0 Å². The van der Waals surface area contributed by atoms with Gasteiger partial charge < -0.3 is 9.47 Å². The van der Waals surface area contributed by atoms with Crippen LogP contribution in [0.3, 0.4) is 0 Å². The third-order valence-corrected chi connectivity index (χ3v) is 2.90. The topological polar surface area (TPSA) is 52.6 Å². The normalized spacial score (nSPS) is 9.82. The van der Waals surface area contributed by atoms with E-state index in [1.807, 2.05) is 30.3 Å². The van der Waals surface area contributed by atoms with Crippen molar-refractivity contribution in [1.29, 1.82) is 0 Å². The molecule has 0 radical (unpaired) electrons. The van der Waals surface area contributed by atoms with Crippen LogP contribution in [0.2, 0.25) is 0 Å². The summed E-state index contributed by atoms with van der Waals surface area (Å²) in [4.78, 5) is 23.5. The van der Waals surface area contributed by atoms with E-state index in [0.29, 0.717) is 11.1 Å². The molecule has 4 nitrogen and oxygen atoms in total. The standard InChI is InChI=1S/C18H16O4/c1-2-12-21-17(19)15-8-10-16(11-9-15)18(20)22-13-14-6-4-3-5-7-14/h2-11H,1,12-13H2. The Bertz CT molecular complexity index is 645. The molecule has 112 valence electrons. The van der Waals surface area contributed by atoms with Gasteiger partial charge in [-0.05, 0) is 29.8 Å². The Balaban J connectivity index is 1.93. The zero-order valence-corrected chi connectivity index (χ0v) is 12.0. The molecule has 0 saturated heterocycles. The molecule has 4 heteroatoms. The minimum atomic E-state index is -0.455. The molecular formula is C18H16O4. The Labute approximate surface area is 129 Å². The first-order valence-corrected chi connectivity index (χ1v) is 6.80. The van der Waals surface area contributed by atoms with E-state index in [0.717, 1.165) is 5.56 Å². The number of carbonyl (C=O) groups excluding carboxylic acids is 2. The van der Waals surface area contributed by atoms with Crippen molar-refractivity contribution < 1.29 is 19.1 Å². The molecule has 0 atom stereocenters. The molecule has 22 heavy (non-hydrogen) atoms. The lowest BCUT2D eigenvalue weighted by atomic mass is 10.1. The van der Waals surface area contributed by atoms with Crippen LogP contribution >= 0.6 is 0 Å². The average Bonchev–Trinajstić information content (AvgIpc) is 2.58. The highest BCUT2D eigenvalue weighted by atomic mass is 16.5. The molecule has 0 bridgehead atoms. The third kappa shape index (κ3) is 4.31. The second-order valence-corrected chi connectivity index (χ2v) is 4.53. The van der Waals surface area contributed by atoms with E-state index < -0.39 is 11.9 Å². The fourth-order valence-corrected chi connectivity index (χ4v) is 1.77. The predicted molar refractivity (Wildman–Crippen MR) is 82.5 cm³/mol. The minimum absolute atomic E-state index is 0.152. The summed E-state index contributed by atoms with van der Waals surface area (Å²) in [5.41, 5.74) is 1.68. The second kappa shape index (κ2) is 7.78. The molecule has 0 aliphatic rings. The fraction of sp³-hybridized carbons (Fsp3) is 0.111. The Morgan fingerprint density at radius 1 is 0.864 bits per heavy atom. The molecule has 0 aromatic heterocycles. The number of esters is 2. The molecule has 0 amide bonds. The van der Waals surface area contributed by atoms with Crippen LogP contribution in [0.4, 0.5) is 0 Å². The minimum Gasteiger partial charge on any atom is -0.458 e. The zero-order valence-electron chi connectivity index (χ0n) is 12.0. The Morgan fingerprint density at radius 3 is 1.95 bits per heavy atom. The van der Waals surface area contributed by atoms with Crippen LogP contribution in [-0.2, 0) is 16.1 Å². The lowest BCUT2D eigenvalue weighted by molar-refractivity contribution is 0.0470. The van der Waals surface area contributed by atoms with Gasteiger partial charge in [0, 0.05) is 0 Å². The number of hydrogen-bond donors (Lipinski definition) is 0. The number of hydrogen-bond acceptors (Lipinski definition) is 4. The smallest absolute Gasteiger partial charge is 0.338 e. The summed E-state index contributed by atoms with van der Waals surface area (Å²) in [6, 6.07) is 15.6. The highest BCUT2D eigenvalue weighted by Crippen LogP contribution is 2.09. The first-order valence-electron chi connectivity index (χ1n) is 6.80. The highest BCUT2D eigenvalue weighted by molar-refractivity contribution is 5.93. The number of benzene rings is 2. The SMILES string of the molecule is C=CCOC(=O)c1ccc(C(=O)OCc2ccccc2)cc1. The number of carbonyl (C=O) groups is 2. The Hall–Kier alpha value is -2.88. The summed E-state index contributed by atoms with van der Waals surface area (Å²) in [6.07, 6.45) is 1.49. The molecule has 0 saturated carbocycles. The maximum Gasteiger partial charge on any atom is 0.338 e. The summed E-state index contributed by atoms with van der Waals surface area (Å²) in [6.45, 7) is 3.83. The van der Waals surface area contributed by atoms with E-state index in [1.165, 1.54) is 30.3 Å². The molecule has 0 heterocycles. The fourth-order valence-electron chi connectivity index (χ4n) is 1.77. The van der Waals surface area contributed by atoms with Crippen molar-refractivity contribution in [3.63, 3.8) is 0 Å². The summed E-state index contributed by atoms with van der Waals surface area (Å²) < 4.78 is 10.1. The van der Waals surface area contributed by atoms with Crippen molar-refractivity contribution in [3.05, 3.63) is 83.9 Å². The van der Waals surface area contributed by atoms with Crippen LogP contribution in [0.1, 0.15) is 26.3 Å². The lowest BCUT2D eigenvalue weighted by Gasteiger charge is -2.06. The molecule has 2 aromatic carbocycles. The number of ether oxygens (including phenoxy) is 2. The maximum atomic E-state index is 11.9. The summed E-state index contributed by atoms with van der Waals surface area (Å²) >= 11 is 0. The van der Waals surface area contributed by atoms with Crippen LogP contribution in [0.5, 0.6) is 0 Å². The molecule has 2 aromatic rings. The molecule has 2 rings (SSSR count). The number of rotatable bonds is 6. The van der Waals surface area contributed by atoms with Crippen molar-refractivity contribution in [2.75, 3.05) is 6.61 Å². The van der Waals surface area contributed by atoms with Gasteiger partial charge in [-0.2, -0.15) is 0 Å². The maximum absolute atomic E-state index is 11.9. The Kier molecular flexibility index (Phi) is 5.49. The van der Waals surface area contributed by atoms with E-state index in [9.17, 15) is 9.59 Å². The van der Waals surface area contributed by atoms with Gasteiger partial charge in [0.2, 0.25) is 0 Å². The second-order valence-electron chi connectivity index (χ2n) is 4.53. The van der Waals surface area contributed by atoms with Gasteiger partial charge in [-0.1, -0.05) is 43.0 Å². The zero-order chi connectivity index (χ0) is 15.8. The van der Waals surface area contributed by atoms with Gasteiger partial charge in [-0.15, -0.1) is 0 Å². The molecule has 0 unspecified atom stereocenters. The third-order valence-electron chi connectivity index (χ3n) is 2.90. The van der Waals surface area contributed by atoms with Gasteiger partial charge in [-0.25, -0.2) is 9.59 Å². The van der Waals surface area contributed by atoms with E-state index in [-0.39, 0.29) is 13.2 Å². The van der Waals surface area contributed by atoms with Gasteiger partial charge in [-0.3, -0.25) is 0 Å². The molecule has 0 spiro atoms. The van der Waals surface area contributed by atoms with Crippen molar-refractivity contribution >= 4 is 11.9 Å². The quantitative estimate of drug-likeness (QED) is 0.605. The van der Waals surface area contributed by atoms with Crippen molar-refractivity contribution in [1.82, 2.24) is 0 Å². The largest absolute Gasteiger partial charge is 0.458 e. The first kappa shape index (κ1) is 15.5. The summed E-state index contributed by atoms with van der Waals surface area (Å²) in [7, 11) is 0. The predicted octanol–water partition coefficient (Wildman–Crippen LogP) is 3.39. The van der Waals surface area contributed by atoms with Crippen molar-refractivity contribution in [3.8, 4) is 0 Å². The molecular weight excluding hydrogens is 280 g/mol. The van der Waals surface area contributed by atoms with Crippen molar-refractivity contribution in [2.24, 2.45) is 0 Å². The van der Waals surface area contributed by atoms with E-state index >= 15 is 0 Å². The summed E-state index contributed by atoms with van der Waals surface area (Å²) in [5.74, 6) is -0.890. The van der Waals surface area contributed by atoms with Gasteiger partial charge >= 0.3 is 11.9 Å². The first-order chi connectivity index (χ1) is 10.7. The van der Waals surface area contributed by atoms with Gasteiger partial charge in [0.05, 0.1) is 11.1 Å². The van der Waals surface area contributed by atoms with Crippen LogP contribution < -0.4 is 0 Å². The lowest BCUT2D eigenvalue weighted by Crippen LogP contribution is -2.08. The monoisotopic (exact) mass is 296 g/mol. The van der Waals surface area contributed by atoms with Gasteiger partial charge in [0.1, 0.15) is 13.2 Å². The van der Waals surface area contributed by atoms with Crippen molar-refractivity contribution in [2.45, 2.75) is 6.61 Å². The van der Waals surface area contributed by atoms with Crippen LogP contribution in [0, 0.1) is 0 Å². The summed E-state index contributed by atoms with van der Waals surface area (Å²) in [5, 5.41) is 0. The van der Waals surface area contributed by atoms with Crippen LogP contribution in [0.15, 0.2) is 67.3 Å². The average molecular weight is 296 g/mol. The van der Waals surface area contributed by atoms with E-state index in [4.69, 9.17) is 9.47 Å². The highest BCUT2D eigenvalue weighted by Gasteiger charge is 2.10. The molecule has 0 fully saturated rings. The van der Waals surface area contributed by atoms with E-state index in [2.05, 4.69) is 6.58 Å². The molecule has 0 aliphatic carbocycles. The Morgan fingerprint density at radius 2 is 1.41 bits per heavy atom. The van der Waals surface area contributed by atoms with Crippen LogP contribution in [-0.4, -0.2) is 18.5 Å². The van der Waals surface area contributed by atoms with Gasteiger partial charge in [0.25, 0.3) is 0 Å². The molecule has 0 N–H and O–H groups in total. The van der Waals surface area contributed by atoms with E-state index in [1.54, 1.807) is 0 Å². The molecule has 0 aliphatic heterocycles.